The number of carbonyl (C=O) groups excluding carboxylic acids is 2. The molecule has 0 spiro atoms. The van der Waals surface area contributed by atoms with Gasteiger partial charge >= 0.3 is 0 Å². The first kappa shape index (κ1) is 22.5. The molecule has 1 unspecified atom stereocenters. The van der Waals surface area contributed by atoms with Gasteiger partial charge in [0.1, 0.15) is 11.2 Å². The van der Waals surface area contributed by atoms with Crippen molar-refractivity contribution in [3.63, 3.8) is 0 Å². The SMILES string of the molecule is O=C(CC(c1ccccc1)c1ccccc1)C1(C(=O)NC2CCc3ccccc32)CCNCC1. The molecule has 3 aromatic carbocycles. The number of Topliss-reactive ketones (excluding diaryl/α,β-unsaturated/α-hetero) is 1. The van der Waals surface area contributed by atoms with Gasteiger partial charge in [0.2, 0.25) is 5.91 Å². The summed E-state index contributed by atoms with van der Waals surface area (Å²) in [5.74, 6) is -0.113. The predicted molar refractivity (Wildman–Crippen MR) is 135 cm³/mol. The van der Waals surface area contributed by atoms with Crippen LogP contribution < -0.4 is 10.6 Å². The first-order chi connectivity index (χ1) is 16.7. The molecular formula is C30H32N2O2. The summed E-state index contributed by atoms with van der Waals surface area (Å²) in [7, 11) is 0. The van der Waals surface area contributed by atoms with Gasteiger partial charge in [-0.15, -0.1) is 0 Å². The van der Waals surface area contributed by atoms with Gasteiger partial charge in [0.15, 0.2) is 0 Å². The maximum Gasteiger partial charge on any atom is 0.234 e. The van der Waals surface area contributed by atoms with E-state index >= 15 is 0 Å². The zero-order chi connectivity index (χ0) is 23.4. The Hall–Kier alpha value is -3.24. The van der Waals surface area contributed by atoms with Crippen LogP contribution in [0.25, 0.3) is 0 Å². The highest BCUT2D eigenvalue weighted by atomic mass is 16.2. The van der Waals surface area contributed by atoms with Gasteiger partial charge < -0.3 is 10.6 Å². The van der Waals surface area contributed by atoms with Crippen molar-refractivity contribution in [2.75, 3.05) is 13.1 Å². The van der Waals surface area contributed by atoms with Crippen LogP contribution >= 0.6 is 0 Å². The Morgan fingerprint density at radius 1 is 0.853 bits per heavy atom. The van der Waals surface area contributed by atoms with Crippen molar-refractivity contribution in [1.82, 2.24) is 10.6 Å². The van der Waals surface area contributed by atoms with E-state index in [-0.39, 0.29) is 23.7 Å². The van der Waals surface area contributed by atoms with Crippen LogP contribution in [0.1, 0.15) is 59.9 Å². The number of ketones is 1. The zero-order valence-corrected chi connectivity index (χ0v) is 19.5. The van der Waals surface area contributed by atoms with Gasteiger partial charge in [-0.3, -0.25) is 9.59 Å². The summed E-state index contributed by atoms with van der Waals surface area (Å²) in [5.41, 5.74) is 3.72. The van der Waals surface area contributed by atoms with Crippen LogP contribution in [0.4, 0.5) is 0 Å². The van der Waals surface area contributed by atoms with Crippen molar-refractivity contribution in [3.8, 4) is 0 Å². The lowest BCUT2D eigenvalue weighted by Crippen LogP contribution is -2.53. The van der Waals surface area contributed by atoms with Crippen LogP contribution in [-0.4, -0.2) is 24.8 Å². The third-order valence-corrected chi connectivity index (χ3v) is 7.66. The summed E-state index contributed by atoms with van der Waals surface area (Å²) < 4.78 is 0. The van der Waals surface area contributed by atoms with Crippen LogP contribution in [0.15, 0.2) is 84.9 Å². The molecule has 5 rings (SSSR count). The lowest BCUT2D eigenvalue weighted by atomic mass is 9.70. The number of fused-ring (bicyclic) bond motifs is 1. The average molecular weight is 453 g/mol. The molecule has 1 aliphatic carbocycles. The van der Waals surface area contributed by atoms with Crippen molar-refractivity contribution in [3.05, 3.63) is 107 Å². The number of hydrogen-bond donors (Lipinski definition) is 2. The van der Waals surface area contributed by atoms with Crippen molar-refractivity contribution >= 4 is 11.7 Å². The molecule has 4 nitrogen and oxygen atoms in total. The highest BCUT2D eigenvalue weighted by molar-refractivity contribution is 6.06. The largest absolute Gasteiger partial charge is 0.348 e. The van der Waals surface area contributed by atoms with E-state index in [1.54, 1.807) is 0 Å². The Bertz CT molecular complexity index is 1100. The smallest absolute Gasteiger partial charge is 0.234 e. The van der Waals surface area contributed by atoms with Gasteiger partial charge in [0.25, 0.3) is 0 Å². The molecule has 174 valence electrons. The van der Waals surface area contributed by atoms with Gasteiger partial charge in [0.05, 0.1) is 6.04 Å². The first-order valence-corrected chi connectivity index (χ1v) is 12.4. The van der Waals surface area contributed by atoms with Gasteiger partial charge in [0, 0.05) is 12.3 Å². The molecule has 2 aliphatic rings. The van der Waals surface area contributed by atoms with Crippen LogP contribution in [0.3, 0.4) is 0 Å². The molecule has 1 saturated heterocycles. The monoisotopic (exact) mass is 452 g/mol. The van der Waals surface area contributed by atoms with Crippen molar-refractivity contribution in [2.24, 2.45) is 5.41 Å². The van der Waals surface area contributed by atoms with E-state index in [1.165, 1.54) is 11.1 Å². The number of carbonyl (C=O) groups is 2. The molecular weight excluding hydrogens is 420 g/mol. The summed E-state index contributed by atoms with van der Waals surface area (Å²) in [6.07, 6.45) is 3.27. The second kappa shape index (κ2) is 9.94. The molecule has 1 heterocycles. The topological polar surface area (TPSA) is 58.2 Å². The van der Waals surface area contributed by atoms with E-state index < -0.39 is 5.41 Å². The first-order valence-electron chi connectivity index (χ1n) is 12.4. The maximum atomic E-state index is 14.0. The van der Waals surface area contributed by atoms with Gasteiger partial charge in [-0.25, -0.2) is 0 Å². The van der Waals surface area contributed by atoms with Crippen molar-refractivity contribution in [2.45, 2.75) is 44.1 Å². The van der Waals surface area contributed by atoms with E-state index in [4.69, 9.17) is 0 Å². The van der Waals surface area contributed by atoms with Crippen LogP contribution in [0.2, 0.25) is 0 Å². The number of piperidine rings is 1. The maximum absolute atomic E-state index is 14.0. The van der Waals surface area contributed by atoms with E-state index in [2.05, 4.69) is 47.0 Å². The highest BCUT2D eigenvalue weighted by Crippen LogP contribution is 2.39. The lowest BCUT2D eigenvalue weighted by molar-refractivity contribution is -0.144. The fraction of sp³-hybridized carbons (Fsp3) is 0.333. The number of nitrogens with one attached hydrogen (secondary N) is 2. The van der Waals surface area contributed by atoms with E-state index in [9.17, 15) is 9.59 Å². The summed E-state index contributed by atoms with van der Waals surface area (Å²) >= 11 is 0. The minimum atomic E-state index is -0.982. The Labute approximate surface area is 201 Å². The number of rotatable bonds is 7. The number of benzene rings is 3. The molecule has 0 bridgehead atoms. The zero-order valence-electron chi connectivity index (χ0n) is 19.5. The molecule has 1 fully saturated rings. The Kier molecular flexibility index (Phi) is 6.59. The molecule has 34 heavy (non-hydrogen) atoms. The summed E-state index contributed by atoms with van der Waals surface area (Å²) in [4.78, 5) is 27.9. The Balaban J connectivity index is 1.42. The van der Waals surface area contributed by atoms with E-state index in [1.807, 2.05) is 48.5 Å². The van der Waals surface area contributed by atoms with E-state index in [0.29, 0.717) is 32.4 Å². The lowest BCUT2D eigenvalue weighted by Gasteiger charge is -2.37. The highest BCUT2D eigenvalue weighted by Gasteiger charge is 2.47. The molecule has 3 aromatic rings. The second-order valence-corrected chi connectivity index (χ2v) is 9.60. The molecule has 4 heteroatoms. The minimum absolute atomic E-state index is 0.0118. The van der Waals surface area contributed by atoms with Gasteiger partial charge in [-0.05, 0) is 61.0 Å². The van der Waals surface area contributed by atoms with Gasteiger partial charge in [-0.1, -0.05) is 84.9 Å². The number of hydrogen-bond acceptors (Lipinski definition) is 3. The Morgan fingerprint density at radius 2 is 1.44 bits per heavy atom. The quantitative estimate of drug-likeness (QED) is 0.499. The third-order valence-electron chi connectivity index (χ3n) is 7.66. The van der Waals surface area contributed by atoms with Crippen molar-refractivity contribution < 1.29 is 9.59 Å². The molecule has 1 atom stereocenters. The fourth-order valence-corrected chi connectivity index (χ4v) is 5.67. The van der Waals surface area contributed by atoms with E-state index in [0.717, 1.165) is 24.0 Å². The minimum Gasteiger partial charge on any atom is -0.348 e. The average Bonchev–Trinajstić information content (AvgIpc) is 3.31. The predicted octanol–water partition coefficient (Wildman–Crippen LogP) is 4.95. The normalized spacial score (nSPS) is 18.9. The number of aryl methyl sites for hydroxylation is 1. The van der Waals surface area contributed by atoms with Crippen LogP contribution in [0.5, 0.6) is 0 Å². The summed E-state index contributed by atoms with van der Waals surface area (Å²) in [5, 5.41) is 6.63. The standard InChI is InChI=1S/C30H32N2O2/c33-28(21-26(22-9-3-1-4-10-22)23-11-5-2-6-12-23)30(17-19-31-20-18-30)29(34)32-27-16-15-24-13-7-8-14-25(24)27/h1-14,26-27,31H,15-21H2,(H,32,34). The third kappa shape index (κ3) is 4.43. The van der Waals surface area contributed by atoms with Gasteiger partial charge in [-0.2, -0.15) is 0 Å². The Morgan fingerprint density at radius 3 is 2.09 bits per heavy atom. The molecule has 2 N–H and O–H groups in total. The van der Waals surface area contributed by atoms with Crippen molar-refractivity contribution in [1.29, 1.82) is 0 Å². The van der Waals surface area contributed by atoms with Crippen LogP contribution in [0, 0.1) is 5.41 Å². The molecule has 0 radical (unpaired) electrons. The number of amides is 1. The van der Waals surface area contributed by atoms with Crippen LogP contribution in [-0.2, 0) is 16.0 Å². The molecule has 0 aromatic heterocycles. The fourth-order valence-electron chi connectivity index (χ4n) is 5.67. The molecule has 0 saturated carbocycles. The molecule has 1 aliphatic heterocycles. The molecule has 1 amide bonds. The summed E-state index contributed by atoms with van der Waals surface area (Å²) in [6, 6.07) is 28.7. The summed E-state index contributed by atoms with van der Waals surface area (Å²) in [6.45, 7) is 1.36. The second-order valence-electron chi connectivity index (χ2n) is 9.60.